The highest BCUT2D eigenvalue weighted by molar-refractivity contribution is 7.15. The van der Waals surface area contributed by atoms with Crippen LogP contribution in [-0.2, 0) is 9.53 Å². The van der Waals surface area contributed by atoms with Crippen molar-refractivity contribution in [1.29, 1.82) is 0 Å². The van der Waals surface area contributed by atoms with E-state index in [0.717, 1.165) is 44.8 Å². The Balaban J connectivity index is 0.000000795. The normalized spacial score (nSPS) is 11.4. The zero-order chi connectivity index (χ0) is 52.2. The predicted molar refractivity (Wildman–Crippen MR) is 286 cm³/mol. The number of anilines is 5. The van der Waals surface area contributed by atoms with Crippen LogP contribution in [0.25, 0.3) is 0 Å². The maximum atomic E-state index is 10.4. The van der Waals surface area contributed by atoms with Crippen molar-refractivity contribution in [2.24, 2.45) is 16.6 Å². The Hall–Kier alpha value is -6.33. The van der Waals surface area contributed by atoms with Gasteiger partial charge in [-0.3, -0.25) is 5.10 Å². The molecular weight excluding hydrogens is 913 g/mol. The number of cyclic esters (lactones) is 1. The number of aromatic nitrogens is 11. The molecule has 7 heterocycles. The van der Waals surface area contributed by atoms with Crippen molar-refractivity contribution >= 4 is 51.7 Å². The third-order valence-electron chi connectivity index (χ3n) is 8.63. The number of nitrogen functional groups attached to an aromatic ring is 3. The number of nitrogens with zero attached hydrogens (tertiary/aromatic N) is 8. The molecule has 15 N–H and O–H groups in total. The van der Waals surface area contributed by atoms with E-state index in [9.17, 15) is 4.79 Å². The number of carbonyl (C=O) groups excluding carboxylic acids is 1. The smallest absolute Gasteiger partial charge is 0.334 e. The largest absolute Gasteiger partial charge is 0.425 e. The summed E-state index contributed by atoms with van der Waals surface area (Å²) in [5.41, 5.74) is 22.6. The second-order valence-corrected chi connectivity index (χ2v) is 18.8. The molecule has 1 aliphatic heterocycles. The standard InChI is InChI=1S/C8H15N3O.C7H15N5.C7H12N2.C6H11N3.C6H10N2O.C6H10N2S.C6H9NO2.CH4/c1-6(2)8-10-5-7(11-8)9-3-4-12;1-5(2)6-10-7(12-11-6)9-4-3-8;1-5(2)7-8-4-6(3)9-7;3*1-4(2)6-8-3-5(7)9-6;1-4(2)6-7-3-5(8)9-6;/h5-6,9,12H,3-4H2,1-2H3,(H,10,11);5H,3-4,8H2,1-2H3,(H2,9,10,11,12);4-5H,1-3H3,(H,8,9);3-4H,7H2,1-2H3,(H,8,9);2*3-4H,7H2,1-2H3;4H,3H2,1-2H3;1H4. The molecule has 0 bridgehead atoms. The minimum atomic E-state index is -0.237. The van der Waals surface area contributed by atoms with Crippen LogP contribution >= 0.6 is 11.3 Å². The quantitative estimate of drug-likeness (QED) is 0.0482. The summed E-state index contributed by atoms with van der Waals surface area (Å²) in [6.07, 6.45) is 8.46. The van der Waals surface area contributed by atoms with E-state index in [-0.39, 0.29) is 32.5 Å². The molecule has 6 aromatic rings. The molecule has 0 fully saturated rings. The molecule has 0 spiro atoms. The first kappa shape index (κ1) is 63.7. The van der Waals surface area contributed by atoms with Crippen LogP contribution in [0.4, 0.5) is 28.5 Å². The average Bonchev–Trinajstić information content (AvgIpc) is 4.14. The lowest BCUT2D eigenvalue weighted by Crippen LogP contribution is -2.13. The first-order chi connectivity index (χ1) is 32.5. The van der Waals surface area contributed by atoms with Crippen LogP contribution in [-0.4, -0.2) is 105 Å². The molecule has 7 rings (SSSR count). The Morgan fingerprint density at radius 3 is 1.59 bits per heavy atom. The summed E-state index contributed by atoms with van der Waals surface area (Å²) < 4.78 is 9.75. The van der Waals surface area contributed by atoms with Gasteiger partial charge in [0, 0.05) is 73.0 Å². The second kappa shape index (κ2) is 34.0. The second-order valence-electron chi connectivity index (χ2n) is 17.7. The number of aryl methyl sites for hydroxylation is 1. The lowest BCUT2D eigenvalue weighted by molar-refractivity contribution is -0.132. The first-order valence-electron chi connectivity index (χ1n) is 23.2. The molecular formula is C47H86N18O4S. The van der Waals surface area contributed by atoms with E-state index in [1.165, 1.54) is 6.20 Å². The van der Waals surface area contributed by atoms with Gasteiger partial charge in [-0.05, 0) is 6.92 Å². The number of aromatic amines is 4. The van der Waals surface area contributed by atoms with Crippen molar-refractivity contribution < 1.29 is 19.1 Å². The van der Waals surface area contributed by atoms with Crippen molar-refractivity contribution in [2.45, 2.75) is 147 Å². The van der Waals surface area contributed by atoms with E-state index in [2.05, 4.69) is 140 Å². The van der Waals surface area contributed by atoms with Crippen molar-refractivity contribution in [3.63, 3.8) is 0 Å². The molecule has 0 saturated heterocycles. The number of carbonyl (C=O) groups is 1. The van der Waals surface area contributed by atoms with Gasteiger partial charge in [0.25, 0.3) is 0 Å². The van der Waals surface area contributed by atoms with Crippen LogP contribution in [0.3, 0.4) is 0 Å². The Morgan fingerprint density at radius 2 is 1.27 bits per heavy atom. The average molecular weight is 999 g/mol. The van der Waals surface area contributed by atoms with E-state index in [1.54, 1.807) is 29.9 Å². The molecule has 0 atom stereocenters. The van der Waals surface area contributed by atoms with E-state index in [0.29, 0.717) is 84.6 Å². The summed E-state index contributed by atoms with van der Waals surface area (Å²) in [4.78, 5) is 48.1. The SMILES string of the molecule is C.CC(C)C1=NCC(=O)O1.CC(C)c1nc(NCCN)n[nH]1.CC(C)c1ncc(N)[nH]1.CC(C)c1ncc(N)o1.CC(C)c1ncc(N)s1.CC(C)c1ncc(NCCO)[nH]1.Cc1cnc(C(C)C)[nH]1. The molecule has 1 aliphatic rings. The highest BCUT2D eigenvalue weighted by Gasteiger charge is 2.18. The molecule has 0 amide bonds. The maximum absolute atomic E-state index is 10.4. The van der Waals surface area contributed by atoms with Crippen molar-refractivity contribution in [3.8, 4) is 0 Å². The van der Waals surface area contributed by atoms with Gasteiger partial charge in [0.15, 0.2) is 11.8 Å². The molecule has 0 aromatic carbocycles. The minimum absolute atomic E-state index is 0. The number of nitrogens with two attached hydrogens (primary N) is 4. The molecule has 23 heteroatoms. The zero-order valence-electron chi connectivity index (χ0n) is 43.4. The van der Waals surface area contributed by atoms with Gasteiger partial charge >= 0.3 is 5.97 Å². The molecule has 70 heavy (non-hydrogen) atoms. The van der Waals surface area contributed by atoms with Crippen molar-refractivity contribution in [2.75, 3.05) is 60.6 Å². The third-order valence-corrected chi connectivity index (χ3v) is 9.75. The number of nitrogens with one attached hydrogen (secondary N) is 6. The Morgan fingerprint density at radius 1 is 0.686 bits per heavy atom. The topological polar surface area (TPSA) is 354 Å². The molecule has 0 saturated carbocycles. The van der Waals surface area contributed by atoms with Gasteiger partial charge in [-0.2, -0.15) is 4.98 Å². The number of aliphatic hydroxyl groups is 1. The van der Waals surface area contributed by atoms with Crippen LogP contribution in [0.5, 0.6) is 0 Å². The molecule has 0 unspecified atom stereocenters. The van der Waals surface area contributed by atoms with Crippen LogP contribution in [0, 0.1) is 12.8 Å². The number of esters is 1. The fraction of sp³-hybridized carbons (Fsp3) is 0.596. The number of oxazole rings is 1. The summed E-state index contributed by atoms with van der Waals surface area (Å²) in [7, 11) is 0. The minimum Gasteiger partial charge on any atom is -0.425 e. The Bertz CT molecular complexity index is 2050. The third kappa shape index (κ3) is 26.4. The summed E-state index contributed by atoms with van der Waals surface area (Å²) in [5, 5.41) is 23.3. The monoisotopic (exact) mass is 999 g/mol. The summed E-state index contributed by atoms with van der Waals surface area (Å²) in [6, 6.07) is 0. The number of aliphatic hydroxyl groups excluding tert-OH is 1. The number of imidazole rings is 3. The summed E-state index contributed by atoms with van der Waals surface area (Å²) in [5.74, 6) is 10.2. The molecule has 6 aromatic heterocycles. The summed E-state index contributed by atoms with van der Waals surface area (Å²) in [6.45, 7) is 33.0. The first-order valence-corrected chi connectivity index (χ1v) is 24.0. The van der Waals surface area contributed by atoms with E-state index < -0.39 is 0 Å². The van der Waals surface area contributed by atoms with Gasteiger partial charge < -0.3 is 62.8 Å². The number of rotatable bonds is 13. The lowest BCUT2D eigenvalue weighted by Gasteiger charge is -2.00. The van der Waals surface area contributed by atoms with Gasteiger partial charge in [-0.15, -0.1) is 16.4 Å². The van der Waals surface area contributed by atoms with E-state index in [4.69, 9.17) is 37.2 Å². The molecule has 22 nitrogen and oxygen atoms in total. The summed E-state index contributed by atoms with van der Waals surface area (Å²) >= 11 is 1.56. The number of hydrogen-bond acceptors (Lipinski definition) is 19. The van der Waals surface area contributed by atoms with Gasteiger partial charge in [0.2, 0.25) is 11.8 Å². The lowest BCUT2D eigenvalue weighted by atomic mass is 10.2. The number of H-pyrrole nitrogens is 4. The van der Waals surface area contributed by atoms with Crippen LogP contribution in [0.2, 0.25) is 0 Å². The molecule has 0 aliphatic carbocycles. The Labute approximate surface area is 419 Å². The fourth-order valence-corrected chi connectivity index (χ4v) is 5.52. The van der Waals surface area contributed by atoms with E-state index >= 15 is 0 Å². The molecule has 0 radical (unpaired) electrons. The van der Waals surface area contributed by atoms with Crippen molar-refractivity contribution in [3.05, 3.63) is 70.9 Å². The van der Waals surface area contributed by atoms with Crippen molar-refractivity contribution in [1.82, 2.24) is 55.1 Å². The number of thiazole rings is 1. The van der Waals surface area contributed by atoms with Gasteiger partial charge in [0.1, 0.15) is 46.5 Å². The highest BCUT2D eigenvalue weighted by atomic mass is 32.1. The van der Waals surface area contributed by atoms with Gasteiger partial charge in [-0.25, -0.2) is 34.7 Å². The number of ether oxygens (including phenoxy) is 1. The highest BCUT2D eigenvalue weighted by Crippen LogP contribution is 2.22. The molecule has 394 valence electrons. The zero-order valence-corrected chi connectivity index (χ0v) is 44.2. The predicted octanol–water partition coefficient (Wildman–Crippen LogP) is 8.66. The number of aliphatic imine (C=N–C) groups is 1. The van der Waals surface area contributed by atoms with Crippen LogP contribution < -0.4 is 33.6 Å². The van der Waals surface area contributed by atoms with Gasteiger partial charge in [-0.1, -0.05) is 104 Å². The van der Waals surface area contributed by atoms with E-state index in [1.807, 2.05) is 40.8 Å². The fourth-order valence-electron chi connectivity index (χ4n) is 4.84. The van der Waals surface area contributed by atoms with Crippen LogP contribution in [0.1, 0.15) is 180 Å². The maximum Gasteiger partial charge on any atom is 0.334 e. The van der Waals surface area contributed by atoms with Gasteiger partial charge in [0.05, 0.1) is 36.4 Å². The Kier molecular flexibility index (Phi) is 31.0. The van der Waals surface area contributed by atoms with Crippen LogP contribution in [0.15, 0.2) is 40.4 Å². The number of hydrogen-bond donors (Lipinski definition) is 11.